The van der Waals surface area contributed by atoms with Gasteiger partial charge in [0.1, 0.15) is 10.7 Å². The van der Waals surface area contributed by atoms with E-state index in [0.717, 1.165) is 17.6 Å². The third-order valence-electron chi connectivity index (χ3n) is 5.81. The molecule has 2 heterocycles. The topological polar surface area (TPSA) is 88.1 Å². The van der Waals surface area contributed by atoms with Crippen molar-refractivity contribution < 1.29 is 17.9 Å². The van der Waals surface area contributed by atoms with Gasteiger partial charge in [0.05, 0.1) is 0 Å². The number of nitrogens with one attached hydrogen (secondary N) is 1. The van der Waals surface area contributed by atoms with Crippen LogP contribution in [0.1, 0.15) is 50.7 Å². The minimum atomic E-state index is -3.73. The Labute approximate surface area is 185 Å². The van der Waals surface area contributed by atoms with Crippen LogP contribution in [-0.2, 0) is 19.6 Å². The Hall–Kier alpha value is -2.19. The minimum Gasteiger partial charge on any atom is -0.382 e. The third-order valence-corrected chi connectivity index (χ3v) is 7.22. The second-order valence-electron chi connectivity index (χ2n) is 8.02. The number of hydrogen-bond donors (Lipinski definition) is 1. The molecule has 2 aliphatic heterocycles. The zero-order chi connectivity index (χ0) is 22.4. The van der Waals surface area contributed by atoms with Gasteiger partial charge in [-0.15, -0.1) is 4.40 Å². The zero-order valence-electron chi connectivity index (χ0n) is 18.7. The highest BCUT2D eigenvalue weighted by Crippen LogP contribution is 2.36. The summed E-state index contributed by atoms with van der Waals surface area (Å²) in [4.78, 5) is 14.8. The van der Waals surface area contributed by atoms with Gasteiger partial charge < -0.3 is 15.0 Å². The normalized spacial score (nSPS) is 18.9. The van der Waals surface area contributed by atoms with Crippen molar-refractivity contribution in [2.75, 3.05) is 32.8 Å². The fraction of sp³-hybridized carbons (Fsp3) is 0.565. The molecule has 0 spiro atoms. The fourth-order valence-electron chi connectivity index (χ4n) is 4.10. The molecule has 1 fully saturated rings. The molecule has 8 heteroatoms. The third kappa shape index (κ3) is 5.54. The molecule has 1 aromatic carbocycles. The van der Waals surface area contributed by atoms with Crippen molar-refractivity contribution in [2.24, 2.45) is 10.3 Å². The average Bonchev–Trinajstić information content (AvgIpc) is 3.04. The molecule has 170 valence electrons. The van der Waals surface area contributed by atoms with Gasteiger partial charge in [-0.25, -0.2) is 0 Å². The molecule has 1 amide bonds. The summed E-state index contributed by atoms with van der Waals surface area (Å²) in [5, 5.41) is 2.99. The van der Waals surface area contributed by atoms with E-state index in [1.165, 1.54) is 0 Å². The summed E-state index contributed by atoms with van der Waals surface area (Å²) in [5.41, 5.74) is 2.53. The number of ether oxygens (including phenoxy) is 1. The molecule has 1 N–H and O–H groups in total. The summed E-state index contributed by atoms with van der Waals surface area (Å²) in [7, 11) is -3.73. The van der Waals surface area contributed by atoms with E-state index in [1.54, 1.807) is 0 Å². The summed E-state index contributed by atoms with van der Waals surface area (Å²) in [6, 6.07) is 7.53. The van der Waals surface area contributed by atoms with Gasteiger partial charge in [0.25, 0.3) is 10.0 Å². The van der Waals surface area contributed by atoms with Crippen molar-refractivity contribution in [2.45, 2.75) is 46.5 Å². The molecular formula is C23H33N3O4S. The van der Waals surface area contributed by atoms with Crippen molar-refractivity contribution in [3.63, 3.8) is 0 Å². The van der Waals surface area contributed by atoms with Crippen LogP contribution >= 0.6 is 0 Å². The number of hydrogen-bond acceptors (Lipinski definition) is 5. The van der Waals surface area contributed by atoms with E-state index >= 15 is 0 Å². The Balaban J connectivity index is 1.66. The number of carbonyl (C=O) groups is 1. The van der Waals surface area contributed by atoms with Crippen molar-refractivity contribution in [3.05, 3.63) is 41.0 Å². The highest BCUT2D eigenvalue weighted by Gasteiger charge is 2.36. The summed E-state index contributed by atoms with van der Waals surface area (Å²) >= 11 is 0. The number of likely N-dealkylation sites (tertiary alicyclic amines) is 1. The number of piperidine rings is 1. The second-order valence-corrected chi connectivity index (χ2v) is 9.56. The first-order valence-corrected chi connectivity index (χ1v) is 12.6. The lowest BCUT2D eigenvalue weighted by Gasteiger charge is -2.33. The molecule has 1 saturated heterocycles. The van der Waals surface area contributed by atoms with Crippen LogP contribution in [0.5, 0.6) is 0 Å². The molecule has 0 radical (unpaired) electrons. The van der Waals surface area contributed by atoms with Gasteiger partial charge in [0.2, 0.25) is 5.91 Å². The number of benzene rings is 1. The van der Waals surface area contributed by atoms with E-state index in [9.17, 15) is 13.2 Å². The number of carbonyl (C=O) groups excluding carboxylic acids is 1. The smallest absolute Gasteiger partial charge is 0.285 e. The zero-order valence-corrected chi connectivity index (χ0v) is 19.5. The molecule has 0 saturated carbocycles. The quantitative estimate of drug-likeness (QED) is 0.619. The van der Waals surface area contributed by atoms with Gasteiger partial charge in [0, 0.05) is 44.3 Å². The van der Waals surface area contributed by atoms with Crippen LogP contribution in [-0.4, -0.2) is 57.9 Å². The molecular weight excluding hydrogens is 414 g/mol. The van der Waals surface area contributed by atoms with Gasteiger partial charge in [-0.3, -0.25) is 4.79 Å². The Morgan fingerprint density at radius 3 is 2.48 bits per heavy atom. The van der Waals surface area contributed by atoms with E-state index < -0.39 is 10.0 Å². The fourth-order valence-corrected chi connectivity index (χ4v) is 5.62. The molecule has 0 bridgehead atoms. The van der Waals surface area contributed by atoms with Crippen LogP contribution in [0.25, 0.3) is 4.91 Å². The van der Waals surface area contributed by atoms with E-state index in [4.69, 9.17) is 4.74 Å². The highest BCUT2D eigenvalue weighted by molar-refractivity contribution is 8.00. The lowest BCUT2D eigenvalue weighted by Crippen LogP contribution is -2.43. The van der Waals surface area contributed by atoms with Gasteiger partial charge >= 0.3 is 0 Å². The van der Waals surface area contributed by atoms with Crippen molar-refractivity contribution in [3.8, 4) is 0 Å². The maximum absolute atomic E-state index is 12.9. The van der Waals surface area contributed by atoms with Crippen LogP contribution in [0.15, 0.2) is 34.2 Å². The first kappa shape index (κ1) is 23.5. The van der Waals surface area contributed by atoms with Gasteiger partial charge in [-0.05, 0) is 45.1 Å². The van der Waals surface area contributed by atoms with E-state index in [-0.39, 0.29) is 11.8 Å². The van der Waals surface area contributed by atoms with Crippen LogP contribution in [0.4, 0.5) is 0 Å². The van der Waals surface area contributed by atoms with Crippen LogP contribution in [0.2, 0.25) is 0 Å². The largest absolute Gasteiger partial charge is 0.382 e. The summed E-state index contributed by atoms with van der Waals surface area (Å²) in [5.74, 6) is 0.574. The van der Waals surface area contributed by atoms with Gasteiger partial charge in [-0.1, -0.05) is 36.8 Å². The summed E-state index contributed by atoms with van der Waals surface area (Å²) in [6.07, 6.45) is 2.77. The lowest BCUT2D eigenvalue weighted by molar-refractivity contribution is -0.126. The minimum absolute atomic E-state index is 0.0485. The Morgan fingerprint density at radius 1 is 1.19 bits per heavy atom. The number of amidine groups is 1. The predicted molar refractivity (Wildman–Crippen MR) is 123 cm³/mol. The predicted octanol–water partition coefficient (Wildman–Crippen LogP) is 3.11. The van der Waals surface area contributed by atoms with Crippen LogP contribution < -0.4 is 5.32 Å². The van der Waals surface area contributed by atoms with Crippen molar-refractivity contribution in [1.29, 1.82) is 0 Å². The molecule has 1 aromatic rings. The molecule has 0 unspecified atom stereocenters. The first-order valence-electron chi connectivity index (χ1n) is 11.1. The number of rotatable bonds is 8. The highest BCUT2D eigenvalue weighted by atomic mass is 32.2. The monoisotopic (exact) mass is 447 g/mol. The molecule has 7 nitrogen and oxygen atoms in total. The maximum Gasteiger partial charge on any atom is 0.285 e. The summed E-state index contributed by atoms with van der Waals surface area (Å²) < 4.78 is 35.2. The van der Waals surface area contributed by atoms with Crippen LogP contribution in [0.3, 0.4) is 0 Å². The Kier molecular flexibility index (Phi) is 7.89. The molecule has 3 rings (SSSR count). The average molecular weight is 448 g/mol. The van der Waals surface area contributed by atoms with E-state index in [2.05, 4.69) is 9.71 Å². The van der Waals surface area contributed by atoms with Crippen LogP contribution in [0, 0.1) is 12.8 Å². The van der Waals surface area contributed by atoms with E-state index in [0.29, 0.717) is 68.4 Å². The number of nitrogens with zero attached hydrogens (tertiary/aromatic N) is 2. The standard InChI is InChI=1S/C23H33N3O4S/c1-4-20-21(18-9-7-17(3)8-10-18)31(28,29)25-22(20)26-14-11-19(12-15-26)23(27)24-13-6-16-30-5-2/h7-10,19H,4-6,11-16H2,1-3H3,(H,24,27). The second kappa shape index (κ2) is 10.4. The van der Waals surface area contributed by atoms with Gasteiger partial charge in [-0.2, -0.15) is 8.42 Å². The molecule has 2 aliphatic rings. The summed E-state index contributed by atoms with van der Waals surface area (Å²) in [6.45, 7) is 9.09. The van der Waals surface area contributed by atoms with E-state index in [1.807, 2.05) is 49.9 Å². The Morgan fingerprint density at radius 2 is 1.87 bits per heavy atom. The molecule has 0 aromatic heterocycles. The molecule has 0 atom stereocenters. The maximum atomic E-state index is 12.9. The number of aryl methyl sites for hydroxylation is 1. The van der Waals surface area contributed by atoms with Crippen molar-refractivity contribution in [1.82, 2.24) is 10.2 Å². The van der Waals surface area contributed by atoms with Crippen molar-refractivity contribution >= 4 is 26.7 Å². The molecule has 0 aliphatic carbocycles. The lowest BCUT2D eigenvalue weighted by atomic mass is 9.94. The van der Waals surface area contributed by atoms with Gasteiger partial charge in [0.15, 0.2) is 0 Å². The first-order chi connectivity index (χ1) is 14.9. The number of amides is 1. The Bertz CT molecular complexity index is 944. The SMILES string of the molecule is CCOCCCNC(=O)C1CCN(C2=NS(=O)(=O)C(c3ccc(C)cc3)=C2CC)CC1. The number of sulfonamides is 1. The molecule has 31 heavy (non-hydrogen) atoms.